The van der Waals surface area contributed by atoms with E-state index >= 15 is 0 Å². The summed E-state index contributed by atoms with van der Waals surface area (Å²) in [5.74, 6) is 0.543. The highest BCUT2D eigenvalue weighted by molar-refractivity contribution is 7.71. The quantitative estimate of drug-likeness (QED) is 0.831. The highest BCUT2D eigenvalue weighted by atomic mass is 32.1. The van der Waals surface area contributed by atoms with E-state index < -0.39 is 0 Å². The van der Waals surface area contributed by atoms with Gasteiger partial charge in [0.1, 0.15) is 0 Å². The van der Waals surface area contributed by atoms with Crippen molar-refractivity contribution in [2.45, 2.75) is 32.9 Å². The van der Waals surface area contributed by atoms with Crippen LogP contribution in [0.25, 0.3) is 0 Å². The van der Waals surface area contributed by atoms with Crippen molar-refractivity contribution in [3.8, 4) is 0 Å². The molecule has 0 bridgehead atoms. The minimum Gasteiger partial charge on any atom is -0.390 e. The van der Waals surface area contributed by atoms with Crippen LogP contribution in [0.1, 0.15) is 36.6 Å². The fourth-order valence-corrected chi connectivity index (χ4v) is 2.17. The first-order valence-corrected chi connectivity index (χ1v) is 6.49. The van der Waals surface area contributed by atoms with E-state index in [0.29, 0.717) is 17.2 Å². The molecule has 1 heterocycles. The summed E-state index contributed by atoms with van der Waals surface area (Å²) in [6.07, 6.45) is 1.75. The molecule has 4 heteroatoms. The predicted molar refractivity (Wildman–Crippen MR) is 75.2 cm³/mol. The molecule has 0 saturated heterocycles. The van der Waals surface area contributed by atoms with Crippen LogP contribution in [0.2, 0.25) is 0 Å². The summed E-state index contributed by atoms with van der Waals surface area (Å²) < 4.78 is 2.56. The van der Waals surface area contributed by atoms with Gasteiger partial charge in [0.2, 0.25) is 0 Å². The number of benzene rings is 1. The van der Waals surface area contributed by atoms with E-state index in [9.17, 15) is 5.11 Å². The van der Waals surface area contributed by atoms with Gasteiger partial charge in [0, 0.05) is 6.20 Å². The lowest BCUT2D eigenvalue weighted by molar-refractivity contribution is 0.271. The Morgan fingerprint density at radius 1 is 1.28 bits per heavy atom. The Morgan fingerprint density at radius 3 is 2.50 bits per heavy atom. The molecule has 0 amide bonds. The van der Waals surface area contributed by atoms with Gasteiger partial charge in [-0.2, -0.15) is 0 Å². The first-order chi connectivity index (χ1) is 8.61. The van der Waals surface area contributed by atoms with Crippen molar-refractivity contribution in [2.24, 2.45) is 0 Å². The molecule has 0 fully saturated rings. The van der Waals surface area contributed by atoms with Gasteiger partial charge in [-0.15, -0.1) is 0 Å². The summed E-state index contributed by atoms with van der Waals surface area (Å²) in [4.78, 5) is 2.96. The van der Waals surface area contributed by atoms with Crippen molar-refractivity contribution >= 4 is 12.2 Å². The molecule has 0 spiro atoms. The van der Waals surface area contributed by atoms with Gasteiger partial charge in [-0.1, -0.05) is 38.1 Å². The number of hydrogen-bond donors (Lipinski definition) is 2. The van der Waals surface area contributed by atoms with Crippen LogP contribution in [0, 0.1) is 4.77 Å². The van der Waals surface area contributed by atoms with Crippen LogP contribution in [0.3, 0.4) is 0 Å². The molecular weight excluding hydrogens is 244 g/mol. The van der Waals surface area contributed by atoms with Gasteiger partial charge in [0.25, 0.3) is 0 Å². The Hall–Kier alpha value is -1.39. The Kier molecular flexibility index (Phi) is 3.99. The van der Waals surface area contributed by atoms with Gasteiger partial charge >= 0.3 is 0 Å². The van der Waals surface area contributed by atoms with Crippen LogP contribution in [0.15, 0.2) is 30.5 Å². The van der Waals surface area contributed by atoms with Gasteiger partial charge in [-0.05, 0) is 29.3 Å². The number of hydrogen-bond acceptors (Lipinski definition) is 2. The molecule has 2 N–H and O–H groups in total. The van der Waals surface area contributed by atoms with Crippen molar-refractivity contribution < 1.29 is 5.11 Å². The lowest BCUT2D eigenvalue weighted by Crippen LogP contribution is -2.04. The molecule has 0 radical (unpaired) electrons. The van der Waals surface area contributed by atoms with Crippen molar-refractivity contribution in [1.82, 2.24) is 9.55 Å². The molecule has 3 nitrogen and oxygen atoms in total. The Balaban J connectivity index is 2.23. The summed E-state index contributed by atoms with van der Waals surface area (Å²) in [7, 11) is 0. The number of H-pyrrole nitrogens is 1. The second-order valence-corrected chi connectivity index (χ2v) is 5.11. The summed E-state index contributed by atoms with van der Waals surface area (Å²) in [6, 6.07) is 8.53. The number of imidazole rings is 1. The maximum absolute atomic E-state index is 9.24. The summed E-state index contributed by atoms with van der Waals surface area (Å²) >= 11 is 5.20. The van der Waals surface area contributed by atoms with Crippen LogP contribution >= 0.6 is 12.2 Å². The van der Waals surface area contributed by atoms with E-state index in [2.05, 4.69) is 43.1 Å². The third kappa shape index (κ3) is 2.71. The zero-order valence-corrected chi connectivity index (χ0v) is 11.5. The summed E-state index contributed by atoms with van der Waals surface area (Å²) in [6.45, 7) is 5.05. The molecule has 0 saturated carbocycles. The molecule has 18 heavy (non-hydrogen) atoms. The third-order valence-electron chi connectivity index (χ3n) is 3.10. The van der Waals surface area contributed by atoms with E-state index in [4.69, 9.17) is 12.2 Å². The topological polar surface area (TPSA) is 41.0 Å². The molecule has 1 aromatic carbocycles. The minimum atomic E-state index is -0.00276. The van der Waals surface area contributed by atoms with Crippen molar-refractivity contribution in [3.05, 3.63) is 52.1 Å². The van der Waals surface area contributed by atoms with E-state index in [1.807, 2.05) is 4.57 Å². The average Bonchev–Trinajstić information content (AvgIpc) is 2.71. The number of aliphatic hydroxyl groups excluding tert-OH is 1. The van der Waals surface area contributed by atoms with E-state index in [1.54, 1.807) is 6.20 Å². The van der Waals surface area contributed by atoms with E-state index in [-0.39, 0.29) is 6.61 Å². The monoisotopic (exact) mass is 262 g/mol. The third-order valence-corrected chi connectivity index (χ3v) is 3.44. The van der Waals surface area contributed by atoms with Crippen LogP contribution in [0.4, 0.5) is 0 Å². The second-order valence-electron chi connectivity index (χ2n) is 4.73. The van der Waals surface area contributed by atoms with Crippen molar-refractivity contribution in [1.29, 1.82) is 0 Å². The van der Waals surface area contributed by atoms with Crippen LogP contribution in [-0.4, -0.2) is 14.7 Å². The largest absolute Gasteiger partial charge is 0.390 e. The van der Waals surface area contributed by atoms with Gasteiger partial charge in [-0.25, -0.2) is 0 Å². The number of aromatic nitrogens is 2. The zero-order chi connectivity index (χ0) is 13.1. The molecule has 0 aliphatic rings. The zero-order valence-electron chi connectivity index (χ0n) is 10.7. The molecular formula is C14H18N2OS. The molecule has 0 unspecified atom stereocenters. The molecule has 0 aliphatic carbocycles. The van der Waals surface area contributed by atoms with Crippen molar-refractivity contribution in [3.63, 3.8) is 0 Å². The molecule has 2 rings (SSSR count). The van der Waals surface area contributed by atoms with Crippen LogP contribution < -0.4 is 0 Å². The van der Waals surface area contributed by atoms with Gasteiger partial charge in [0.05, 0.1) is 18.8 Å². The lowest BCUT2D eigenvalue weighted by Gasteiger charge is -2.09. The number of aliphatic hydroxyl groups is 1. The maximum atomic E-state index is 9.24. The Bertz CT molecular complexity index is 566. The average molecular weight is 262 g/mol. The summed E-state index contributed by atoms with van der Waals surface area (Å²) in [5.41, 5.74) is 3.33. The fraction of sp³-hybridized carbons (Fsp3) is 0.357. The highest BCUT2D eigenvalue weighted by Crippen LogP contribution is 2.16. The second kappa shape index (κ2) is 5.50. The minimum absolute atomic E-state index is 0.00276. The molecule has 96 valence electrons. The maximum Gasteiger partial charge on any atom is 0.177 e. The van der Waals surface area contributed by atoms with Crippen molar-refractivity contribution in [2.75, 3.05) is 0 Å². The smallest absolute Gasteiger partial charge is 0.177 e. The first kappa shape index (κ1) is 13.1. The Morgan fingerprint density at radius 2 is 1.94 bits per heavy atom. The molecule has 0 atom stereocenters. The van der Waals surface area contributed by atoms with Gasteiger partial charge < -0.3 is 14.7 Å². The first-order valence-electron chi connectivity index (χ1n) is 6.08. The van der Waals surface area contributed by atoms with Gasteiger partial charge in [-0.3, -0.25) is 0 Å². The molecule has 0 aliphatic heterocycles. The predicted octanol–water partition coefficient (Wildman–Crippen LogP) is 3.21. The number of aromatic amines is 1. The Labute approximate surface area is 112 Å². The molecule has 2 aromatic rings. The lowest BCUT2D eigenvalue weighted by atomic mass is 10.0. The number of nitrogens with one attached hydrogen (secondary N) is 1. The number of nitrogens with zero attached hydrogens (tertiary/aromatic N) is 1. The summed E-state index contributed by atoms with van der Waals surface area (Å²) in [5, 5.41) is 9.24. The van der Waals surface area contributed by atoms with E-state index in [0.717, 1.165) is 5.69 Å². The van der Waals surface area contributed by atoms with Gasteiger partial charge in [0.15, 0.2) is 4.77 Å². The highest BCUT2D eigenvalue weighted by Gasteiger charge is 2.04. The standard InChI is InChI=1S/C14H18N2OS/c1-10(2)12-5-3-11(4-6-12)8-16-13(9-17)7-15-14(16)18/h3-7,10,17H,8-9H2,1-2H3,(H,15,18). The fourth-order valence-electron chi connectivity index (χ4n) is 1.93. The molecule has 1 aromatic heterocycles. The van der Waals surface area contributed by atoms with E-state index in [1.165, 1.54) is 11.1 Å². The normalized spacial score (nSPS) is 11.1. The number of rotatable bonds is 4. The van der Waals surface area contributed by atoms with Crippen LogP contribution in [0.5, 0.6) is 0 Å². The van der Waals surface area contributed by atoms with Crippen LogP contribution in [-0.2, 0) is 13.2 Å². The SMILES string of the molecule is CC(C)c1ccc(Cn2c(CO)c[nH]c2=S)cc1.